The average Bonchev–Trinajstić information content (AvgIpc) is 2.70. The molecule has 194 valence electrons. The fraction of sp³-hybridized carbons (Fsp3) is 0.655. The number of ether oxygens (including phenoxy) is 2. The molecule has 0 radical (unpaired) electrons. The van der Waals surface area contributed by atoms with Crippen LogP contribution in [0.3, 0.4) is 0 Å². The van der Waals surface area contributed by atoms with Gasteiger partial charge in [0.15, 0.2) is 0 Å². The van der Waals surface area contributed by atoms with Crippen LogP contribution in [0.5, 0.6) is 0 Å². The molecule has 1 aromatic heterocycles. The van der Waals surface area contributed by atoms with E-state index in [1.807, 2.05) is 27.0 Å². The Morgan fingerprint density at radius 1 is 1.03 bits per heavy atom. The van der Waals surface area contributed by atoms with Crippen LogP contribution < -0.4 is 0 Å². The summed E-state index contributed by atoms with van der Waals surface area (Å²) in [5, 5.41) is 7.85. The molecule has 1 N–H and O–H groups in total. The third-order valence-electron chi connectivity index (χ3n) is 5.10. The van der Waals surface area contributed by atoms with Gasteiger partial charge in [-0.2, -0.15) is 0 Å². The third kappa shape index (κ3) is 13.1. The molecule has 0 saturated carbocycles. The molecule has 1 atom stereocenters. The van der Waals surface area contributed by atoms with Crippen molar-refractivity contribution in [3.05, 3.63) is 29.1 Å². The number of carbonyl (C=O) groups excluding carboxylic acids is 2. The third-order valence-corrected chi connectivity index (χ3v) is 5.10. The van der Waals surface area contributed by atoms with Crippen LogP contribution in [0.2, 0.25) is 0 Å². The topological polar surface area (TPSA) is 89.3 Å². The first-order valence-corrected chi connectivity index (χ1v) is 12.7. The normalized spacial score (nSPS) is 12.3. The summed E-state index contributed by atoms with van der Waals surface area (Å²) in [6.07, 6.45) is 7.56. The van der Waals surface area contributed by atoms with Crippen LogP contribution >= 0.6 is 0 Å². The van der Waals surface area contributed by atoms with Gasteiger partial charge in [0.25, 0.3) is 0 Å². The molecule has 0 saturated heterocycles. The molecule has 6 nitrogen and oxygen atoms in total. The number of rotatable bonds is 11. The van der Waals surface area contributed by atoms with E-state index < -0.39 is 17.2 Å². The van der Waals surface area contributed by atoms with E-state index in [0.717, 1.165) is 42.5 Å². The molecule has 1 rings (SSSR count). The quantitative estimate of drug-likeness (QED) is 0.164. The maximum atomic E-state index is 12.0. The van der Waals surface area contributed by atoms with Crippen LogP contribution in [0.4, 0.5) is 0 Å². The van der Waals surface area contributed by atoms with Crippen LogP contribution in [0.25, 0.3) is 0 Å². The van der Waals surface area contributed by atoms with Crippen LogP contribution in [-0.4, -0.2) is 33.8 Å². The Hall–Kier alpha value is -2.68. The molecule has 0 aliphatic heterocycles. The molecule has 0 aliphatic carbocycles. The molecule has 1 unspecified atom stereocenters. The van der Waals surface area contributed by atoms with E-state index in [-0.39, 0.29) is 11.7 Å². The molecular formula is C29H44N2O4. The van der Waals surface area contributed by atoms with Crippen molar-refractivity contribution in [2.75, 3.05) is 0 Å². The highest BCUT2D eigenvalue weighted by Crippen LogP contribution is 2.28. The molecule has 35 heavy (non-hydrogen) atoms. The molecular weight excluding hydrogens is 440 g/mol. The number of hydrogen-bond donors (Lipinski definition) is 1. The molecule has 0 fully saturated rings. The van der Waals surface area contributed by atoms with E-state index in [0.29, 0.717) is 31.6 Å². The average molecular weight is 485 g/mol. The minimum Gasteiger partial charge on any atom is -0.460 e. The van der Waals surface area contributed by atoms with Crippen molar-refractivity contribution in [3.8, 4) is 11.8 Å². The second-order valence-corrected chi connectivity index (χ2v) is 11.0. The summed E-state index contributed by atoms with van der Waals surface area (Å²) < 4.78 is 10.6. The molecule has 0 spiro atoms. The van der Waals surface area contributed by atoms with Crippen molar-refractivity contribution in [1.29, 1.82) is 5.41 Å². The van der Waals surface area contributed by atoms with Gasteiger partial charge in [0.1, 0.15) is 16.9 Å². The Morgan fingerprint density at radius 3 is 2.26 bits per heavy atom. The monoisotopic (exact) mass is 484 g/mol. The predicted molar refractivity (Wildman–Crippen MR) is 141 cm³/mol. The maximum absolute atomic E-state index is 12.0. The van der Waals surface area contributed by atoms with E-state index >= 15 is 0 Å². The standard InChI is InChI=1S/C29H44N2O4/c1-9-14-23(16-13-18-25(32)34-28(3,4)5)26-21(2)19-22(20-31-26)15-11-10-12-17-24(30)27(33)35-29(6,7)8/h19-20,23,30H,9-10,12-14,16-18H2,1-8H3. The molecule has 0 bridgehead atoms. The fourth-order valence-electron chi connectivity index (χ4n) is 3.69. The van der Waals surface area contributed by atoms with Gasteiger partial charge < -0.3 is 9.47 Å². The zero-order chi connectivity index (χ0) is 26.6. The summed E-state index contributed by atoms with van der Waals surface area (Å²) in [5.74, 6) is 5.86. The Bertz CT molecular complexity index is 927. The predicted octanol–water partition coefficient (Wildman–Crippen LogP) is 6.67. The highest BCUT2D eigenvalue weighted by atomic mass is 16.6. The summed E-state index contributed by atoms with van der Waals surface area (Å²) in [5.41, 5.74) is 1.99. The number of nitrogens with zero attached hydrogens (tertiary/aromatic N) is 1. The number of hydrogen-bond acceptors (Lipinski definition) is 6. The highest BCUT2D eigenvalue weighted by Gasteiger charge is 2.20. The van der Waals surface area contributed by atoms with Crippen molar-refractivity contribution in [1.82, 2.24) is 4.98 Å². The Labute approximate surface area is 212 Å². The number of unbranched alkanes of at least 4 members (excludes halogenated alkanes) is 1. The lowest BCUT2D eigenvalue weighted by Crippen LogP contribution is -2.28. The van der Waals surface area contributed by atoms with E-state index in [4.69, 9.17) is 19.9 Å². The molecule has 0 amide bonds. The minimum absolute atomic E-state index is 0.0165. The summed E-state index contributed by atoms with van der Waals surface area (Å²) >= 11 is 0. The Kier molecular flexibility index (Phi) is 12.2. The SMILES string of the molecule is CCCC(CCCC(=O)OC(C)(C)C)c1ncc(C#CCCCC(=N)C(=O)OC(C)(C)C)cc1C. The van der Waals surface area contributed by atoms with E-state index in [9.17, 15) is 9.59 Å². The molecule has 1 heterocycles. The zero-order valence-corrected chi connectivity index (χ0v) is 23.0. The first-order chi connectivity index (χ1) is 16.2. The highest BCUT2D eigenvalue weighted by molar-refractivity contribution is 6.35. The van der Waals surface area contributed by atoms with E-state index in [2.05, 4.69) is 31.8 Å². The number of nitrogens with one attached hydrogen (secondary N) is 1. The first kappa shape index (κ1) is 30.4. The van der Waals surface area contributed by atoms with Crippen molar-refractivity contribution < 1.29 is 19.1 Å². The second kappa shape index (κ2) is 14.0. The Balaban J connectivity index is 2.63. The number of aromatic nitrogens is 1. The van der Waals surface area contributed by atoms with Crippen LogP contribution in [-0.2, 0) is 19.1 Å². The largest absolute Gasteiger partial charge is 0.460 e. The van der Waals surface area contributed by atoms with Gasteiger partial charge in [-0.25, -0.2) is 4.79 Å². The summed E-state index contributed by atoms with van der Waals surface area (Å²) in [4.78, 5) is 28.6. The van der Waals surface area contributed by atoms with E-state index in [1.54, 1.807) is 20.8 Å². The van der Waals surface area contributed by atoms with Crippen molar-refractivity contribution >= 4 is 17.7 Å². The maximum Gasteiger partial charge on any atom is 0.352 e. The van der Waals surface area contributed by atoms with Gasteiger partial charge in [-0.1, -0.05) is 25.2 Å². The van der Waals surface area contributed by atoms with Gasteiger partial charge >= 0.3 is 11.9 Å². The van der Waals surface area contributed by atoms with Crippen LogP contribution in [0.1, 0.15) is 123 Å². The fourth-order valence-corrected chi connectivity index (χ4v) is 3.69. The zero-order valence-electron chi connectivity index (χ0n) is 23.0. The van der Waals surface area contributed by atoms with Crippen LogP contribution in [0.15, 0.2) is 12.3 Å². The molecule has 0 aliphatic rings. The lowest BCUT2D eigenvalue weighted by Gasteiger charge is -2.20. The van der Waals surface area contributed by atoms with Gasteiger partial charge in [0.05, 0.1) is 0 Å². The minimum atomic E-state index is -0.589. The number of pyridine rings is 1. The van der Waals surface area contributed by atoms with Gasteiger partial charge in [0, 0.05) is 36.2 Å². The smallest absolute Gasteiger partial charge is 0.352 e. The van der Waals surface area contributed by atoms with Gasteiger partial charge in [-0.05, 0) is 92.2 Å². The molecule has 0 aromatic carbocycles. The van der Waals surface area contributed by atoms with Crippen LogP contribution in [0, 0.1) is 24.2 Å². The van der Waals surface area contributed by atoms with Crippen molar-refractivity contribution in [2.24, 2.45) is 0 Å². The van der Waals surface area contributed by atoms with Crippen molar-refractivity contribution in [2.45, 2.75) is 124 Å². The first-order valence-electron chi connectivity index (χ1n) is 12.7. The summed E-state index contributed by atoms with van der Waals surface area (Å²) in [6, 6.07) is 2.06. The Morgan fingerprint density at radius 2 is 1.69 bits per heavy atom. The lowest BCUT2D eigenvalue weighted by molar-refractivity contribution is -0.155. The summed E-state index contributed by atoms with van der Waals surface area (Å²) in [6.45, 7) is 15.3. The number of aryl methyl sites for hydroxylation is 1. The molecule has 6 heteroatoms. The molecule has 1 aromatic rings. The second-order valence-electron chi connectivity index (χ2n) is 11.0. The summed E-state index contributed by atoms with van der Waals surface area (Å²) in [7, 11) is 0. The number of esters is 2. The lowest BCUT2D eigenvalue weighted by atomic mass is 9.90. The van der Waals surface area contributed by atoms with Gasteiger partial charge in [-0.3, -0.25) is 15.2 Å². The van der Waals surface area contributed by atoms with Gasteiger partial charge in [0.2, 0.25) is 0 Å². The van der Waals surface area contributed by atoms with E-state index in [1.165, 1.54) is 0 Å². The van der Waals surface area contributed by atoms with Crippen molar-refractivity contribution in [3.63, 3.8) is 0 Å². The number of carbonyl (C=O) groups is 2. The van der Waals surface area contributed by atoms with Gasteiger partial charge in [-0.15, -0.1) is 0 Å².